The summed E-state index contributed by atoms with van der Waals surface area (Å²) in [5, 5.41) is 3.61. The number of aryl methyl sites for hydroxylation is 1. The molecule has 3 aromatic carbocycles. The Bertz CT molecular complexity index is 1200. The van der Waals surface area contributed by atoms with Gasteiger partial charge in [0, 0.05) is 21.5 Å². The molecule has 3 rings (SSSR count). The minimum atomic E-state index is -0.393. The SMILES string of the molecule is Cc1ccc2c(OCC(C)OC(=O)C(C)C)c3ccccc3c(OCC(C)OC(=O)C(C)C)c2c1. The second-order valence-corrected chi connectivity index (χ2v) is 9.68. The van der Waals surface area contributed by atoms with Crippen molar-refractivity contribution in [2.75, 3.05) is 13.2 Å². The smallest absolute Gasteiger partial charge is 0.308 e. The Balaban J connectivity index is 1.97. The van der Waals surface area contributed by atoms with Gasteiger partial charge >= 0.3 is 11.9 Å². The van der Waals surface area contributed by atoms with Crippen LogP contribution < -0.4 is 9.47 Å². The molecule has 188 valence electrons. The zero-order valence-electron chi connectivity index (χ0n) is 21.7. The van der Waals surface area contributed by atoms with Gasteiger partial charge in [-0.15, -0.1) is 0 Å². The van der Waals surface area contributed by atoms with E-state index >= 15 is 0 Å². The van der Waals surface area contributed by atoms with E-state index in [9.17, 15) is 9.59 Å². The van der Waals surface area contributed by atoms with Crippen LogP contribution in [0.4, 0.5) is 0 Å². The van der Waals surface area contributed by atoms with Crippen LogP contribution in [0.25, 0.3) is 21.5 Å². The van der Waals surface area contributed by atoms with Crippen LogP contribution in [-0.4, -0.2) is 37.4 Å². The van der Waals surface area contributed by atoms with Crippen LogP contribution in [0.5, 0.6) is 11.5 Å². The van der Waals surface area contributed by atoms with E-state index in [1.165, 1.54) is 0 Å². The number of benzene rings is 3. The third-order valence-corrected chi connectivity index (χ3v) is 5.58. The molecule has 6 nitrogen and oxygen atoms in total. The van der Waals surface area contributed by atoms with Crippen molar-refractivity contribution in [2.45, 2.75) is 60.7 Å². The summed E-state index contributed by atoms with van der Waals surface area (Å²) in [6.07, 6.45) is -0.785. The molecule has 0 saturated heterocycles. The lowest BCUT2D eigenvalue weighted by Gasteiger charge is -2.21. The lowest BCUT2D eigenvalue weighted by molar-refractivity contribution is -0.154. The van der Waals surface area contributed by atoms with Crippen LogP contribution in [0.3, 0.4) is 0 Å². The molecule has 0 bridgehead atoms. The lowest BCUT2D eigenvalue weighted by Crippen LogP contribution is -2.25. The highest BCUT2D eigenvalue weighted by Gasteiger charge is 2.20. The molecule has 0 spiro atoms. The van der Waals surface area contributed by atoms with Crippen LogP contribution in [0.15, 0.2) is 42.5 Å². The molecule has 0 aromatic heterocycles. The van der Waals surface area contributed by atoms with Crippen molar-refractivity contribution < 1.29 is 28.5 Å². The predicted octanol–water partition coefficient (Wildman–Crippen LogP) is 6.23. The maximum Gasteiger partial charge on any atom is 0.308 e. The molecule has 0 aliphatic heterocycles. The maximum atomic E-state index is 12.0. The molecular formula is C29H36O6. The second kappa shape index (κ2) is 11.4. The summed E-state index contributed by atoms with van der Waals surface area (Å²) in [5.74, 6) is 0.555. The van der Waals surface area contributed by atoms with Crippen molar-refractivity contribution in [1.82, 2.24) is 0 Å². The Labute approximate surface area is 207 Å². The molecule has 0 N–H and O–H groups in total. The predicted molar refractivity (Wildman–Crippen MR) is 138 cm³/mol. The highest BCUT2D eigenvalue weighted by atomic mass is 16.6. The first-order valence-corrected chi connectivity index (χ1v) is 12.2. The molecule has 0 heterocycles. The van der Waals surface area contributed by atoms with Crippen molar-refractivity contribution >= 4 is 33.5 Å². The van der Waals surface area contributed by atoms with Gasteiger partial charge in [0.1, 0.15) is 36.9 Å². The molecule has 0 radical (unpaired) electrons. The van der Waals surface area contributed by atoms with E-state index in [2.05, 4.69) is 6.07 Å². The van der Waals surface area contributed by atoms with Gasteiger partial charge in [0.2, 0.25) is 0 Å². The highest BCUT2D eigenvalue weighted by molar-refractivity contribution is 6.11. The fraction of sp³-hybridized carbons (Fsp3) is 0.448. The monoisotopic (exact) mass is 480 g/mol. The zero-order chi connectivity index (χ0) is 25.7. The summed E-state index contributed by atoms with van der Waals surface area (Å²) in [5.41, 5.74) is 1.09. The van der Waals surface area contributed by atoms with Gasteiger partial charge in [-0.3, -0.25) is 9.59 Å². The number of carbonyl (C=O) groups is 2. The number of fused-ring (bicyclic) bond motifs is 2. The molecule has 2 unspecified atom stereocenters. The van der Waals surface area contributed by atoms with E-state index in [0.717, 1.165) is 38.6 Å². The van der Waals surface area contributed by atoms with Crippen LogP contribution in [0.1, 0.15) is 47.1 Å². The average molecular weight is 481 g/mol. The lowest BCUT2D eigenvalue weighted by atomic mass is 9.99. The summed E-state index contributed by atoms with van der Waals surface area (Å²) in [4.78, 5) is 24.0. The Morgan fingerprint density at radius 2 is 1.09 bits per heavy atom. The third kappa shape index (κ3) is 6.44. The number of rotatable bonds is 10. The number of carbonyl (C=O) groups excluding carboxylic acids is 2. The van der Waals surface area contributed by atoms with Gasteiger partial charge in [-0.05, 0) is 26.8 Å². The van der Waals surface area contributed by atoms with E-state index in [0.29, 0.717) is 0 Å². The van der Waals surface area contributed by atoms with Crippen molar-refractivity contribution in [3.05, 3.63) is 48.0 Å². The number of hydrogen-bond acceptors (Lipinski definition) is 6. The van der Waals surface area contributed by atoms with E-state index in [-0.39, 0.29) is 37.0 Å². The largest absolute Gasteiger partial charge is 0.488 e. The van der Waals surface area contributed by atoms with E-state index < -0.39 is 12.2 Å². The Morgan fingerprint density at radius 1 is 0.657 bits per heavy atom. The quantitative estimate of drug-likeness (QED) is 0.253. The second-order valence-electron chi connectivity index (χ2n) is 9.68. The van der Waals surface area contributed by atoms with Gasteiger partial charge in [-0.25, -0.2) is 0 Å². The molecule has 2 atom stereocenters. The normalized spacial score (nSPS) is 13.2. The van der Waals surface area contributed by atoms with Crippen molar-refractivity contribution in [2.24, 2.45) is 11.8 Å². The Hall–Kier alpha value is -3.28. The summed E-state index contributed by atoms with van der Waals surface area (Å²) in [6, 6.07) is 14.0. The van der Waals surface area contributed by atoms with Crippen LogP contribution in [0, 0.1) is 18.8 Å². The van der Waals surface area contributed by atoms with E-state index in [1.54, 1.807) is 0 Å². The highest BCUT2D eigenvalue weighted by Crippen LogP contribution is 2.43. The van der Waals surface area contributed by atoms with Gasteiger partial charge in [0.15, 0.2) is 0 Å². The minimum Gasteiger partial charge on any atom is -0.488 e. The van der Waals surface area contributed by atoms with Gasteiger partial charge < -0.3 is 18.9 Å². The number of esters is 2. The number of ether oxygens (including phenoxy) is 4. The minimum absolute atomic E-state index is 0.194. The Morgan fingerprint density at radius 3 is 1.54 bits per heavy atom. The zero-order valence-corrected chi connectivity index (χ0v) is 21.7. The molecule has 35 heavy (non-hydrogen) atoms. The molecule has 0 amide bonds. The first-order chi connectivity index (χ1) is 16.6. The van der Waals surface area contributed by atoms with E-state index in [1.807, 2.05) is 84.9 Å². The van der Waals surface area contributed by atoms with Gasteiger partial charge in [-0.1, -0.05) is 69.7 Å². The standard InChI is InChI=1S/C29H36O6/c1-17(2)28(30)34-20(6)15-32-26-22-10-8-9-11-23(22)27(25-14-19(5)12-13-24(25)26)33-16-21(7)35-29(31)18(3)4/h8-14,17-18,20-21H,15-16H2,1-7H3. The van der Waals surface area contributed by atoms with Crippen LogP contribution in [-0.2, 0) is 19.1 Å². The molecule has 0 aliphatic carbocycles. The van der Waals surface area contributed by atoms with Gasteiger partial charge in [-0.2, -0.15) is 0 Å². The summed E-state index contributed by atoms with van der Waals surface area (Å²) in [7, 11) is 0. The van der Waals surface area contributed by atoms with Crippen LogP contribution in [0.2, 0.25) is 0 Å². The molecule has 0 saturated carbocycles. The maximum absolute atomic E-state index is 12.0. The number of hydrogen-bond donors (Lipinski definition) is 0. The van der Waals surface area contributed by atoms with Crippen LogP contribution >= 0.6 is 0 Å². The third-order valence-electron chi connectivity index (χ3n) is 5.58. The molecule has 0 fully saturated rings. The van der Waals surface area contributed by atoms with Crippen molar-refractivity contribution in [3.63, 3.8) is 0 Å². The first-order valence-electron chi connectivity index (χ1n) is 12.2. The Kier molecular flexibility index (Phi) is 8.60. The molecule has 6 heteroatoms. The van der Waals surface area contributed by atoms with Gasteiger partial charge in [0.25, 0.3) is 0 Å². The summed E-state index contributed by atoms with van der Waals surface area (Å²) >= 11 is 0. The average Bonchev–Trinajstić information content (AvgIpc) is 2.80. The molecular weight excluding hydrogens is 444 g/mol. The molecule has 3 aromatic rings. The van der Waals surface area contributed by atoms with Crippen molar-refractivity contribution in [3.8, 4) is 11.5 Å². The van der Waals surface area contributed by atoms with E-state index in [4.69, 9.17) is 18.9 Å². The van der Waals surface area contributed by atoms with Crippen molar-refractivity contribution in [1.29, 1.82) is 0 Å². The summed E-state index contributed by atoms with van der Waals surface area (Å²) in [6.45, 7) is 13.4. The van der Waals surface area contributed by atoms with Gasteiger partial charge in [0.05, 0.1) is 11.8 Å². The first kappa shape index (κ1) is 26.3. The topological polar surface area (TPSA) is 71.1 Å². The summed E-state index contributed by atoms with van der Waals surface area (Å²) < 4.78 is 23.5. The molecule has 0 aliphatic rings. The fourth-order valence-corrected chi connectivity index (χ4v) is 3.66. The fourth-order valence-electron chi connectivity index (χ4n) is 3.66.